The van der Waals surface area contributed by atoms with E-state index < -0.39 is 5.97 Å². The molecule has 5 heteroatoms. The number of hydrogen-bond donors (Lipinski definition) is 1. The number of nitrogens with zero attached hydrogens (tertiary/aromatic N) is 1. The van der Waals surface area contributed by atoms with Gasteiger partial charge in [-0.2, -0.15) is 0 Å². The van der Waals surface area contributed by atoms with Crippen molar-refractivity contribution in [3.8, 4) is 5.75 Å². The predicted molar refractivity (Wildman–Crippen MR) is 81.5 cm³/mol. The number of esters is 1. The molecule has 0 radical (unpaired) electrons. The summed E-state index contributed by atoms with van der Waals surface area (Å²) in [5.74, 6) is -0.888. The van der Waals surface area contributed by atoms with Crippen LogP contribution in [0, 0.1) is 6.92 Å². The molecule has 22 heavy (non-hydrogen) atoms. The molecule has 0 saturated carbocycles. The maximum Gasteiger partial charge on any atom is 0.341 e. The highest BCUT2D eigenvalue weighted by molar-refractivity contribution is 6.08. The molecule has 0 unspecified atom stereocenters. The first kappa shape index (κ1) is 14.1. The summed E-state index contributed by atoms with van der Waals surface area (Å²) in [4.78, 5) is 25.4. The summed E-state index contributed by atoms with van der Waals surface area (Å²) in [6, 6.07) is 10.2. The molecule has 0 fully saturated rings. The number of fused-ring (bicyclic) bond motifs is 1. The minimum Gasteiger partial charge on any atom is -0.507 e. The number of aryl methyl sites for hydroxylation is 1. The van der Waals surface area contributed by atoms with Crippen molar-refractivity contribution in [1.29, 1.82) is 0 Å². The zero-order chi connectivity index (χ0) is 15.9. The van der Waals surface area contributed by atoms with Crippen LogP contribution >= 0.6 is 0 Å². The Morgan fingerprint density at radius 2 is 2.05 bits per heavy atom. The van der Waals surface area contributed by atoms with Gasteiger partial charge in [0.15, 0.2) is 0 Å². The van der Waals surface area contributed by atoms with Crippen molar-refractivity contribution in [2.24, 2.45) is 0 Å². The molecule has 0 atom stereocenters. The van der Waals surface area contributed by atoms with E-state index in [0.717, 1.165) is 16.8 Å². The highest BCUT2D eigenvalue weighted by atomic mass is 16.5. The van der Waals surface area contributed by atoms with Gasteiger partial charge in [-0.1, -0.05) is 12.1 Å². The van der Waals surface area contributed by atoms with Crippen molar-refractivity contribution in [3.05, 3.63) is 53.1 Å². The van der Waals surface area contributed by atoms with E-state index in [1.54, 1.807) is 11.0 Å². The number of phenolic OH excluding ortho intramolecular Hbond substituents is 1. The lowest BCUT2D eigenvalue weighted by Crippen LogP contribution is -2.20. The van der Waals surface area contributed by atoms with Crippen molar-refractivity contribution in [2.75, 3.05) is 12.0 Å². The minimum atomic E-state index is -0.618. The second kappa shape index (κ2) is 5.18. The Morgan fingerprint density at radius 1 is 1.27 bits per heavy atom. The van der Waals surface area contributed by atoms with Crippen LogP contribution in [0.4, 0.5) is 11.4 Å². The van der Waals surface area contributed by atoms with E-state index in [1.807, 2.05) is 25.1 Å². The number of aromatic hydroxyl groups is 1. The Hall–Kier alpha value is -2.82. The van der Waals surface area contributed by atoms with E-state index in [-0.39, 0.29) is 17.2 Å². The molecule has 2 aromatic carbocycles. The zero-order valence-corrected chi connectivity index (χ0v) is 12.3. The summed E-state index contributed by atoms with van der Waals surface area (Å²) in [7, 11) is 1.25. The first-order valence-corrected chi connectivity index (χ1v) is 6.85. The summed E-state index contributed by atoms with van der Waals surface area (Å²) in [6.45, 7) is 1.97. The molecule has 1 aliphatic heterocycles. The number of phenols is 1. The second-order valence-corrected chi connectivity index (χ2v) is 5.17. The molecular formula is C17H15NO4. The van der Waals surface area contributed by atoms with Crippen molar-refractivity contribution < 1.29 is 19.4 Å². The molecule has 1 N–H and O–H groups in total. The smallest absolute Gasteiger partial charge is 0.341 e. The van der Waals surface area contributed by atoms with Crippen molar-refractivity contribution in [1.82, 2.24) is 0 Å². The molecule has 0 spiro atoms. The van der Waals surface area contributed by atoms with Crippen LogP contribution in [0.25, 0.3) is 0 Å². The first-order valence-electron chi connectivity index (χ1n) is 6.85. The van der Waals surface area contributed by atoms with Crippen LogP contribution in [-0.2, 0) is 16.0 Å². The quantitative estimate of drug-likeness (QED) is 0.865. The molecule has 1 heterocycles. The Kier molecular flexibility index (Phi) is 3.33. The highest BCUT2D eigenvalue weighted by Crippen LogP contribution is 2.38. The number of anilines is 2. The number of benzene rings is 2. The average Bonchev–Trinajstić information content (AvgIpc) is 2.84. The van der Waals surface area contributed by atoms with Gasteiger partial charge in [-0.05, 0) is 36.2 Å². The third-order valence-corrected chi connectivity index (χ3v) is 3.85. The fraction of sp³-hybridized carbons (Fsp3) is 0.176. The Bertz CT molecular complexity index is 782. The van der Waals surface area contributed by atoms with Crippen LogP contribution in [0.5, 0.6) is 5.75 Å². The van der Waals surface area contributed by atoms with E-state index in [0.29, 0.717) is 12.1 Å². The van der Waals surface area contributed by atoms with Gasteiger partial charge in [0.1, 0.15) is 11.3 Å². The second-order valence-electron chi connectivity index (χ2n) is 5.17. The lowest BCUT2D eigenvalue weighted by Gasteiger charge is -2.18. The maximum atomic E-state index is 12.3. The molecule has 1 aliphatic rings. The molecule has 0 aromatic heterocycles. The third kappa shape index (κ3) is 2.11. The Morgan fingerprint density at radius 3 is 2.73 bits per heavy atom. The molecule has 0 saturated heterocycles. The number of hydrogen-bond acceptors (Lipinski definition) is 4. The summed E-state index contributed by atoms with van der Waals surface area (Å²) in [5.41, 5.74) is 3.46. The molecule has 5 nitrogen and oxygen atoms in total. The standard InChI is InChI=1S/C17H15NO4/c1-10-4-3-5-14-13(10)9-16(20)18(14)11-6-7-12(15(19)8-11)17(21)22-2/h3-8,19H,9H2,1-2H3. The molecule has 0 bridgehead atoms. The first-order chi connectivity index (χ1) is 10.5. The maximum absolute atomic E-state index is 12.3. The fourth-order valence-corrected chi connectivity index (χ4v) is 2.72. The number of rotatable bonds is 2. The molecule has 0 aliphatic carbocycles. The largest absolute Gasteiger partial charge is 0.507 e. The van der Waals surface area contributed by atoms with Gasteiger partial charge in [-0.15, -0.1) is 0 Å². The third-order valence-electron chi connectivity index (χ3n) is 3.85. The number of ether oxygens (including phenoxy) is 1. The summed E-state index contributed by atoms with van der Waals surface area (Å²) in [5, 5.41) is 10.0. The Labute approximate surface area is 127 Å². The van der Waals surface area contributed by atoms with Gasteiger partial charge < -0.3 is 9.84 Å². The number of methoxy groups -OCH3 is 1. The lowest BCUT2D eigenvalue weighted by atomic mass is 10.1. The van der Waals surface area contributed by atoms with Gasteiger partial charge in [0, 0.05) is 6.07 Å². The van der Waals surface area contributed by atoms with Crippen LogP contribution < -0.4 is 4.90 Å². The number of amides is 1. The van der Waals surface area contributed by atoms with Gasteiger partial charge >= 0.3 is 5.97 Å². The number of carbonyl (C=O) groups is 2. The predicted octanol–water partition coefficient (Wildman–Crippen LogP) is 2.71. The van der Waals surface area contributed by atoms with Crippen molar-refractivity contribution in [2.45, 2.75) is 13.3 Å². The summed E-state index contributed by atoms with van der Waals surface area (Å²) >= 11 is 0. The molecule has 2 aromatic rings. The lowest BCUT2D eigenvalue weighted by molar-refractivity contribution is -0.116. The average molecular weight is 297 g/mol. The normalized spacial score (nSPS) is 13.2. The van der Waals surface area contributed by atoms with Gasteiger partial charge in [-0.25, -0.2) is 4.79 Å². The van der Waals surface area contributed by atoms with Gasteiger partial charge in [-0.3, -0.25) is 9.69 Å². The van der Waals surface area contributed by atoms with Gasteiger partial charge in [0.2, 0.25) is 5.91 Å². The van der Waals surface area contributed by atoms with Crippen LogP contribution in [-0.4, -0.2) is 24.1 Å². The van der Waals surface area contributed by atoms with E-state index in [1.165, 1.54) is 19.2 Å². The fourth-order valence-electron chi connectivity index (χ4n) is 2.72. The number of carbonyl (C=O) groups excluding carboxylic acids is 2. The van der Waals surface area contributed by atoms with Crippen LogP contribution in [0.3, 0.4) is 0 Å². The minimum absolute atomic E-state index is 0.0606. The molecular weight excluding hydrogens is 282 g/mol. The van der Waals surface area contributed by atoms with Crippen LogP contribution in [0.1, 0.15) is 21.5 Å². The molecule has 112 valence electrons. The van der Waals surface area contributed by atoms with E-state index in [2.05, 4.69) is 4.74 Å². The van der Waals surface area contributed by atoms with Crippen LogP contribution in [0.2, 0.25) is 0 Å². The van der Waals surface area contributed by atoms with E-state index in [9.17, 15) is 14.7 Å². The highest BCUT2D eigenvalue weighted by Gasteiger charge is 2.30. The summed E-state index contributed by atoms with van der Waals surface area (Å²) in [6.07, 6.45) is 0.335. The monoisotopic (exact) mass is 297 g/mol. The van der Waals surface area contributed by atoms with Crippen LogP contribution in [0.15, 0.2) is 36.4 Å². The van der Waals surface area contributed by atoms with E-state index >= 15 is 0 Å². The Balaban J connectivity index is 2.06. The SMILES string of the molecule is COC(=O)c1ccc(N2C(=O)Cc3c(C)cccc32)cc1O. The van der Waals surface area contributed by atoms with Gasteiger partial charge in [0.25, 0.3) is 0 Å². The topological polar surface area (TPSA) is 66.8 Å². The van der Waals surface area contributed by atoms with Crippen molar-refractivity contribution >= 4 is 23.3 Å². The molecule has 3 rings (SSSR count). The van der Waals surface area contributed by atoms with Crippen molar-refractivity contribution in [3.63, 3.8) is 0 Å². The molecule has 1 amide bonds. The van der Waals surface area contributed by atoms with E-state index in [4.69, 9.17) is 0 Å². The van der Waals surface area contributed by atoms with Gasteiger partial charge in [0.05, 0.1) is 24.9 Å². The zero-order valence-electron chi connectivity index (χ0n) is 12.3. The summed E-state index contributed by atoms with van der Waals surface area (Å²) < 4.78 is 4.60.